The van der Waals surface area contributed by atoms with E-state index in [1.165, 1.54) is 11.8 Å². The van der Waals surface area contributed by atoms with E-state index in [0.717, 1.165) is 5.56 Å². The van der Waals surface area contributed by atoms with Crippen LogP contribution in [0.15, 0.2) is 50.8 Å². The molecule has 1 fully saturated rings. The second kappa shape index (κ2) is 7.51. The lowest BCUT2D eigenvalue weighted by Gasteiger charge is -2.05. The fraction of sp³-hybridized carbons (Fsp3) is 0.0588. The fourth-order valence-corrected chi connectivity index (χ4v) is 3.50. The first kappa shape index (κ1) is 17.8. The highest BCUT2D eigenvalue weighted by Crippen LogP contribution is 2.34. The van der Waals surface area contributed by atoms with Crippen molar-refractivity contribution in [3.8, 4) is 11.5 Å². The number of nitrogens with one attached hydrogen (secondary N) is 1. The van der Waals surface area contributed by atoms with Crippen LogP contribution in [0.25, 0.3) is 6.08 Å². The SMILES string of the molecule is COc1ccc(Cl)cc1N=C1NC(=O)/C(=C/c2ccc(O)c(Br)c2)S1. The number of halogens is 2. The average Bonchev–Trinajstić information content (AvgIpc) is 2.90. The van der Waals surface area contributed by atoms with Gasteiger partial charge in [-0.05, 0) is 69.7 Å². The molecule has 0 aliphatic carbocycles. The number of carbonyl (C=O) groups is 1. The maximum atomic E-state index is 12.2. The third-order valence-corrected chi connectivity index (χ3v) is 5.06. The Labute approximate surface area is 161 Å². The number of rotatable bonds is 3. The normalized spacial score (nSPS) is 17.2. The molecule has 1 aliphatic rings. The molecule has 1 aliphatic heterocycles. The van der Waals surface area contributed by atoms with E-state index in [9.17, 15) is 9.90 Å². The van der Waals surface area contributed by atoms with E-state index < -0.39 is 0 Å². The van der Waals surface area contributed by atoms with E-state index in [2.05, 4.69) is 26.2 Å². The summed E-state index contributed by atoms with van der Waals surface area (Å²) < 4.78 is 5.81. The van der Waals surface area contributed by atoms with Gasteiger partial charge in [-0.25, -0.2) is 4.99 Å². The Bertz CT molecular complexity index is 915. The molecular weight excluding hydrogens is 428 g/mol. The monoisotopic (exact) mass is 438 g/mol. The van der Waals surface area contributed by atoms with Crippen molar-refractivity contribution < 1.29 is 14.6 Å². The Kier molecular flexibility index (Phi) is 5.36. The van der Waals surface area contributed by atoms with Gasteiger partial charge in [0.15, 0.2) is 5.17 Å². The second-order valence-corrected chi connectivity index (χ2v) is 7.33. The number of aliphatic imine (C=N–C) groups is 1. The van der Waals surface area contributed by atoms with Crippen LogP contribution in [0.3, 0.4) is 0 Å². The first-order valence-corrected chi connectivity index (χ1v) is 9.06. The number of phenolic OH excluding ortho intramolecular Hbond substituents is 1. The van der Waals surface area contributed by atoms with E-state index in [-0.39, 0.29) is 11.7 Å². The molecule has 5 nitrogen and oxygen atoms in total. The number of amidine groups is 1. The van der Waals surface area contributed by atoms with Gasteiger partial charge in [0.1, 0.15) is 17.2 Å². The van der Waals surface area contributed by atoms with Crippen LogP contribution in [0.4, 0.5) is 5.69 Å². The molecule has 0 unspecified atom stereocenters. The molecule has 8 heteroatoms. The fourth-order valence-electron chi connectivity index (χ4n) is 2.10. The van der Waals surface area contributed by atoms with Gasteiger partial charge < -0.3 is 15.2 Å². The molecule has 1 saturated heterocycles. The van der Waals surface area contributed by atoms with Crippen LogP contribution in [0, 0.1) is 0 Å². The van der Waals surface area contributed by atoms with Crippen molar-refractivity contribution in [3.63, 3.8) is 0 Å². The van der Waals surface area contributed by atoms with Crippen molar-refractivity contribution >= 4 is 62.1 Å². The van der Waals surface area contributed by atoms with Crippen LogP contribution < -0.4 is 10.1 Å². The molecule has 1 heterocycles. The number of phenols is 1. The average molecular weight is 440 g/mol. The van der Waals surface area contributed by atoms with Gasteiger partial charge in [0.25, 0.3) is 5.91 Å². The summed E-state index contributed by atoms with van der Waals surface area (Å²) in [5.41, 5.74) is 1.32. The van der Waals surface area contributed by atoms with Crippen molar-refractivity contribution in [2.24, 2.45) is 4.99 Å². The Morgan fingerprint density at radius 2 is 2.12 bits per heavy atom. The number of nitrogens with zero attached hydrogens (tertiary/aromatic N) is 1. The van der Waals surface area contributed by atoms with Crippen LogP contribution in [0.2, 0.25) is 5.02 Å². The molecule has 0 spiro atoms. The topological polar surface area (TPSA) is 70.9 Å². The van der Waals surface area contributed by atoms with Crippen LogP contribution >= 0.6 is 39.3 Å². The Morgan fingerprint density at radius 3 is 2.84 bits per heavy atom. The largest absolute Gasteiger partial charge is 0.507 e. The van der Waals surface area contributed by atoms with Crippen LogP contribution in [0.1, 0.15) is 5.56 Å². The third kappa shape index (κ3) is 4.18. The van der Waals surface area contributed by atoms with E-state index in [1.54, 1.807) is 49.6 Å². The molecule has 2 aromatic rings. The van der Waals surface area contributed by atoms with E-state index in [4.69, 9.17) is 16.3 Å². The highest BCUT2D eigenvalue weighted by molar-refractivity contribution is 9.10. The quantitative estimate of drug-likeness (QED) is 0.680. The summed E-state index contributed by atoms with van der Waals surface area (Å²) >= 11 is 10.5. The zero-order valence-corrected chi connectivity index (χ0v) is 16.1. The Hall–Kier alpha value is -1.96. The lowest BCUT2D eigenvalue weighted by molar-refractivity contribution is -0.115. The molecule has 0 atom stereocenters. The number of methoxy groups -OCH3 is 1. The van der Waals surface area contributed by atoms with Gasteiger partial charge in [0.05, 0.1) is 16.5 Å². The zero-order valence-electron chi connectivity index (χ0n) is 12.9. The highest BCUT2D eigenvalue weighted by Gasteiger charge is 2.24. The molecule has 0 bridgehead atoms. The maximum absolute atomic E-state index is 12.2. The minimum atomic E-state index is -0.242. The van der Waals surface area contributed by atoms with Gasteiger partial charge >= 0.3 is 0 Å². The van der Waals surface area contributed by atoms with Crippen molar-refractivity contribution in [3.05, 3.63) is 56.4 Å². The van der Waals surface area contributed by atoms with Gasteiger partial charge in [-0.3, -0.25) is 4.79 Å². The first-order valence-electron chi connectivity index (χ1n) is 7.08. The maximum Gasteiger partial charge on any atom is 0.264 e. The smallest absolute Gasteiger partial charge is 0.264 e. The lowest BCUT2D eigenvalue weighted by Crippen LogP contribution is -2.19. The summed E-state index contributed by atoms with van der Waals surface area (Å²) in [5, 5.41) is 13.2. The summed E-state index contributed by atoms with van der Waals surface area (Å²) in [7, 11) is 1.54. The number of carbonyl (C=O) groups excluding carboxylic acids is 1. The van der Waals surface area contributed by atoms with Crippen molar-refractivity contribution in [1.29, 1.82) is 0 Å². The first-order chi connectivity index (χ1) is 12.0. The molecule has 0 aromatic heterocycles. The molecule has 2 aromatic carbocycles. The molecular formula is C17H12BrClN2O3S. The summed E-state index contributed by atoms with van der Waals surface area (Å²) in [6.07, 6.45) is 1.72. The van der Waals surface area contributed by atoms with Crippen LogP contribution in [0.5, 0.6) is 11.5 Å². The minimum absolute atomic E-state index is 0.140. The molecule has 128 valence electrons. The molecule has 25 heavy (non-hydrogen) atoms. The van der Waals surface area contributed by atoms with Gasteiger partial charge in [0, 0.05) is 5.02 Å². The Balaban J connectivity index is 1.88. The van der Waals surface area contributed by atoms with Gasteiger partial charge in [0.2, 0.25) is 0 Å². The molecule has 0 radical (unpaired) electrons. The standard InChI is InChI=1S/C17H12BrClN2O3S/c1-24-14-5-3-10(19)8-12(14)20-17-21-16(23)15(25-17)7-9-2-4-13(22)11(18)6-9/h2-8,22H,1H3,(H,20,21,23)/b15-7-. The summed E-state index contributed by atoms with van der Waals surface area (Å²) in [6.45, 7) is 0. The van der Waals surface area contributed by atoms with Crippen LogP contribution in [-0.2, 0) is 4.79 Å². The summed E-state index contributed by atoms with van der Waals surface area (Å²) in [5.74, 6) is 0.460. The molecule has 2 N–H and O–H groups in total. The van der Waals surface area contributed by atoms with Crippen molar-refractivity contribution in [2.75, 3.05) is 7.11 Å². The number of thioether (sulfide) groups is 1. The van der Waals surface area contributed by atoms with Crippen LogP contribution in [-0.4, -0.2) is 23.3 Å². The predicted octanol–water partition coefficient (Wildman–Crippen LogP) is 4.71. The van der Waals surface area contributed by atoms with Gasteiger partial charge in [-0.15, -0.1) is 0 Å². The summed E-state index contributed by atoms with van der Waals surface area (Å²) in [6, 6.07) is 10.1. The summed E-state index contributed by atoms with van der Waals surface area (Å²) in [4.78, 5) is 17.1. The Morgan fingerprint density at radius 1 is 1.32 bits per heavy atom. The zero-order chi connectivity index (χ0) is 18.0. The van der Waals surface area contributed by atoms with Gasteiger partial charge in [-0.2, -0.15) is 0 Å². The number of hydrogen-bond acceptors (Lipinski definition) is 5. The van der Waals surface area contributed by atoms with Crippen molar-refractivity contribution in [1.82, 2.24) is 5.32 Å². The number of aromatic hydroxyl groups is 1. The third-order valence-electron chi connectivity index (χ3n) is 3.28. The molecule has 0 saturated carbocycles. The predicted molar refractivity (Wildman–Crippen MR) is 105 cm³/mol. The number of hydrogen-bond donors (Lipinski definition) is 2. The molecule has 3 rings (SSSR count). The minimum Gasteiger partial charge on any atom is -0.507 e. The van der Waals surface area contributed by atoms with E-state index in [1.807, 2.05) is 0 Å². The van der Waals surface area contributed by atoms with Gasteiger partial charge in [-0.1, -0.05) is 17.7 Å². The number of ether oxygens (including phenoxy) is 1. The van der Waals surface area contributed by atoms with E-state index >= 15 is 0 Å². The number of amides is 1. The lowest BCUT2D eigenvalue weighted by atomic mass is 10.2. The van der Waals surface area contributed by atoms with E-state index in [0.29, 0.717) is 31.0 Å². The number of benzene rings is 2. The highest BCUT2D eigenvalue weighted by atomic mass is 79.9. The second-order valence-electron chi connectivity index (χ2n) is 5.01. The molecule has 1 amide bonds. The van der Waals surface area contributed by atoms with Crippen molar-refractivity contribution in [2.45, 2.75) is 0 Å².